The van der Waals surface area contributed by atoms with Crippen molar-refractivity contribution in [2.45, 2.75) is 26.3 Å². The molecule has 0 aromatic carbocycles. The molecule has 2 heterocycles. The molecule has 1 aromatic heterocycles. The van der Waals surface area contributed by atoms with Crippen LogP contribution in [0, 0.1) is 16.0 Å². The normalized spacial score (nSPS) is 16.6. The molecule has 1 aliphatic rings. The molecule has 19 heavy (non-hydrogen) atoms. The Morgan fingerprint density at radius 3 is 2.68 bits per heavy atom. The molecule has 0 atom stereocenters. The number of halogens is 1. The number of nitro groups is 1. The summed E-state index contributed by atoms with van der Waals surface area (Å²) in [6.07, 6.45) is 1.98. The van der Waals surface area contributed by atoms with Gasteiger partial charge in [0.15, 0.2) is 0 Å². The maximum atomic E-state index is 12.1. The first-order chi connectivity index (χ1) is 8.97. The predicted octanol–water partition coefficient (Wildman–Crippen LogP) is 1.21. The first-order valence-corrected chi connectivity index (χ1v) is 6.79. The molecular formula is C10H14BrN5O3. The fourth-order valence-corrected chi connectivity index (χ4v) is 2.34. The Morgan fingerprint density at radius 1 is 1.53 bits per heavy atom. The number of nitrogens with zero attached hydrogens (tertiary/aromatic N) is 5. The summed E-state index contributed by atoms with van der Waals surface area (Å²) in [4.78, 5) is 27.3. The van der Waals surface area contributed by atoms with Crippen LogP contribution < -0.4 is 0 Å². The second-order valence-electron chi connectivity index (χ2n) is 4.66. The van der Waals surface area contributed by atoms with E-state index in [-0.39, 0.29) is 17.2 Å². The molecule has 0 radical (unpaired) electrons. The molecule has 1 aliphatic heterocycles. The lowest BCUT2D eigenvalue weighted by atomic mass is 9.99. The van der Waals surface area contributed by atoms with Crippen LogP contribution in [-0.4, -0.2) is 43.6 Å². The minimum atomic E-state index is -0.686. The van der Waals surface area contributed by atoms with Crippen molar-refractivity contribution in [3.63, 3.8) is 0 Å². The van der Waals surface area contributed by atoms with E-state index in [1.807, 2.05) is 0 Å². The van der Waals surface area contributed by atoms with E-state index < -0.39 is 10.9 Å². The number of rotatable bonds is 3. The van der Waals surface area contributed by atoms with E-state index >= 15 is 0 Å². The summed E-state index contributed by atoms with van der Waals surface area (Å²) in [5, 5.41) is 14.2. The number of hydrogen-bond acceptors (Lipinski definition) is 5. The molecule has 1 amide bonds. The second-order valence-corrected chi connectivity index (χ2v) is 5.37. The van der Waals surface area contributed by atoms with Gasteiger partial charge >= 0.3 is 5.95 Å². The van der Waals surface area contributed by atoms with Crippen molar-refractivity contribution in [3.8, 4) is 0 Å². The van der Waals surface area contributed by atoms with Crippen LogP contribution in [0.15, 0.2) is 4.73 Å². The highest BCUT2D eigenvalue weighted by Gasteiger charge is 2.25. The van der Waals surface area contributed by atoms with Crippen molar-refractivity contribution in [1.29, 1.82) is 0 Å². The third-order valence-electron chi connectivity index (χ3n) is 3.20. The minimum absolute atomic E-state index is 0.0319. The monoisotopic (exact) mass is 331 g/mol. The van der Waals surface area contributed by atoms with Crippen LogP contribution in [0.3, 0.4) is 0 Å². The zero-order valence-corrected chi connectivity index (χ0v) is 12.0. The van der Waals surface area contributed by atoms with Crippen LogP contribution in [0.1, 0.15) is 19.8 Å². The number of likely N-dealkylation sites (tertiary alicyclic amines) is 1. The lowest BCUT2D eigenvalue weighted by molar-refractivity contribution is -0.394. The molecular weight excluding hydrogens is 318 g/mol. The Morgan fingerprint density at radius 2 is 2.16 bits per heavy atom. The molecule has 1 saturated heterocycles. The summed E-state index contributed by atoms with van der Waals surface area (Å²) in [6, 6.07) is 0. The summed E-state index contributed by atoms with van der Waals surface area (Å²) in [5.41, 5.74) is 0. The van der Waals surface area contributed by atoms with Gasteiger partial charge in [-0.3, -0.25) is 4.79 Å². The Kier molecular flexibility index (Phi) is 4.13. The number of piperidine rings is 1. The van der Waals surface area contributed by atoms with E-state index in [2.05, 4.69) is 32.9 Å². The van der Waals surface area contributed by atoms with Crippen molar-refractivity contribution in [2.24, 2.45) is 5.92 Å². The molecule has 104 valence electrons. The van der Waals surface area contributed by atoms with Gasteiger partial charge in [0.1, 0.15) is 6.54 Å². The van der Waals surface area contributed by atoms with Crippen molar-refractivity contribution in [1.82, 2.24) is 19.7 Å². The van der Waals surface area contributed by atoms with Gasteiger partial charge in [-0.25, -0.2) is 0 Å². The predicted molar refractivity (Wildman–Crippen MR) is 69.4 cm³/mol. The smallest absolute Gasteiger partial charge is 0.390 e. The third-order valence-corrected chi connectivity index (χ3v) is 3.79. The fraction of sp³-hybridized carbons (Fsp3) is 0.700. The number of carbonyl (C=O) groups excluding carboxylic acids is 1. The average Bonchev–Trinajstić information content (AvgIpc) is 2.72. The van der Waals surface area contributed by atoms with Crippen molar-refractivity contribution < 1.29 is 9.72 Å². The maximum absolute atomic E-state index is 12.1. The molecule has 2 rings (SSSR count). The summed E-state index contributed by atoms with van der Waals surface area (Å²) < 4.78 is 1.40. The van der Waals surface area contributed by atoms with Gasteiger partial charge in [0, 0.05) is 34.1 Å². The number of hydrogen-bond donors (Lipinski definition) is 0. The highest BCUT2D eigenvalue weighted by Crippen LogP contribution is 2.17. The third kappa shape index (κ3) is 3.28. The summed E-state index contributed by atoms with van der Waals surface area (Å²) in [6.45, 7) is 3.60. The van der Waals surface area contributed by atoms with Crippen LogP contribution in [0.4, 0.5) is 5.95 Å². The zero-order valence-electron chi connectivity index (χ0n) is 10.5. The van der Waals surface area contributed by atoms with E-state index in [1.54, 1.807) is 4.90 Å². The molecule has 9 heteroatoms. The first-order valence-electron chi connectivity index (χ1n) is 6.00. The number of carbonyl (C=O) groups is 1. The molecule has 8 nitrogen and oxygen atoms in total. The Hall–Kier alpha value is -1.51. The van der Waals surface area contributed by atoms with Crippen LogP contribution in [-0.2, 0) is 11.3 Å². The van der Waals surface area contributed by atoms with Crippen molar-refractivity contribution in [3.05, 3.63) is 14.8 Å². The van der Waals surface area contributed by atoms with Crippen molar-refractivity contribution >= 4 is 27.8 Å². The zero-order chi connectivity index (χ0) is 14.0. The van der Waals surface area contributed by atoms with Gasteiger partial charge < -0.3 is 15.0 Å². The van der Waals surface area contributed by atoms with Crippen LogP contribution in [0.5, 0.6) is 0 Å². The number of aromatic nitrogens is 3. The Bertz CT molecular complexity index is 495. The second kappa shape index (κ2) is 5.64. The lowest BCUT2D eigenvalue weighted by Gasteiger charge is -2.30. The van der Waals surface area contributed by atoms with Gasteiger partial charge in [0.05, 0.1) is 0 Å². The molecule has 0 aliphatic carbocycles. The van der Waals surface area contributed by atoms with Gasteiger partial charge in [-0.1, -0.05) is 6.92 Å². The van der Waals surface area contributed by atoms with E-state index in [0.717, 1.165) is 25.9 Å². The Labute approximate surface area is 118 Å². The largest absolute Gasteiger partial charge is 0.492 e. The Balaban J connectivity index is 2.00. The standard InChI is InChI=1S/C10H14BrN5O3/c1-7-2-4-14(5-3-7)8(17)6-15-9(11)12-10(13-15)16(18)19/h7H,2-6H2,1H3. The maximum Gasteiger partial charge on any atom is 0.492 e. The van der Waals surface area contributed by atoms with E-state index in [1.165, 1.54) is 4.68 Å². The highest BCUT2D eigenvalue weighted by molar-refractivity contribution is 9.10. The van der Waals surface area contributed by atoms with Crippen LogP contribution in [0.2, 0.25) is 0 Å². The number of amides is 1. The lowest BCUT2D eigenvalue weighted by Crippen LogP contribution is -2.39. The fourth-order valence-electron chi connectivity index (χ4n) is 1.98. The highest BCUT2D eigenvalue weighted by atomic mass is 79.9. The van der Waals surface area contributed by atoms with E-state index in [4.69, 9.17) is 0 Å². The molecule has 0 bridgehead atoms. The molecule has 0 spiro atoms. The van der Waals surface area contributed by atoms with Crippen molar-refractivity contribution in [2.75, 3.05) is 13.1 Å². The van der Waals surface area contributed by atoms with E-state index in [9.17, 15) is 14.9 Å². The SMILES string of the molecule is CC1CCN(C(=O)Cn2nc([N+](=O)[O-])nc2Br)CC1. The van der Waals surface area contributed by atoms with Gasteiger partial charge in [0.25, 0.3) is 4.73 Å². The molecule has 0 saturated carbocycles. The van der Waals surface area contributed by atoms with Crippen LogP contribution >= 0.6 is 15.9 Å². The topological polar surface area (TPSA) is 94.2 Å². The first kappa shape index (κ1) is 13.9. The molecule has 1 fully saturated rings. The van der Waals surface area contributed by atoms with E-state index in [0.29, 0.717) is 5.92 Å². The average molecular weight is 332 g/mol. The summed E-state index contributed by atoms with van der Waals surface area (Å²) >= 11 is 3.06. The minimum Gasteiger partial charge on any atom is -0.390 e. The van der Waals surface area contributed by atoms with Gasteiger partial charge in [-0.15, -0.1) is 0 Å². The quantitative estimate of drug-likeness (QED) is 0.612. The molecule has 0 unspecified atom stereocenters. The molecule has 1 aromatic rings. The molecule has 0 N–H and O–H groups in total. The van der Waals surface area contributed by atoms with Gasteiger partial charge in [-0.2, -0.15) is 4.68 Å². The van der Waals surface area contributed by atoms with Gasteiger partial charge in [-0.05, 0) is 28.7 Å². The summed E-state index contributed by atoms with van der Waals surface area (Å²) in [5.74, 6) is 0.0441. The van der Waals surface area contributed by atoms with Crippen LogP contribution in [0.25, 0.3) is 0 Å². The summed E-state index contributed by atoms with van der Waals surface area (Å²) in [7, 11) is 0. The van der Waals surface area contributed by atoms with Gasteiger partial charge in [0.2, 0.25) is 5.91 Å².